The highest BCUT2D eigenvalue weighted by Crippen LogP contribution is 2.31. The van der Waals surface area contributed by atoms with Crippen molar-refractivity contribution in [1.82, 2.24) is 0 Å². The molecule has 2 rings (SSSR count). The number of hydrogen-bond donors (Lipinski definition) is 1. The normalized spacial score (nSPS) is 11.7. The first kappa shape index (κ1) is 16.4. The van der Waals surface area contributed by atoms with Crippen molar-refractivity contribution in [2.24, 2.45) is 0 Å². The van der Waals surface area contributed by atoms with Crippen molar-refractivity contribution < 1.29 is 19.7 Å². The number of aliphatic hydroxyl groups is 1. The number of hydrogen-bond acceptors (Lipinski definition) is 6. The van der Waals surface area contributed by atoms with Gasteiger partial charge in [0.25, 0.3) is 5.69 Å². The molecule has 0 bridgehead atoms. The number of aryl methyl sites for hydroxylation is 1. The van der Waals surface area contributed by atoms with E-state index in [1.165, 1.54) is 30.3 Å². The van der Waals surface area contributed by atoms with Crippen LogP contribution in [-0.4, -0.2) is 21.6 Å². The van der Waals surface area contributed by atoms with Crippen LogP contribution in [0, 0.1) is 27.2 Å². The van der Waals surface area contributed by atoms with Crippen LogP contribution in [-0.2, 0) is 0 Å². The van der Waals surface area contributed by atoms with Crippen molar-refractivity contribution in [3.8, 4) is 5.75 Å². The highest BCUT2D eigenvalue weighted by Gasteiger charge is 2.20. The Hall–Kier alpha value is -3.00. The third kappa shape index (κ3) is 3.80. The molecule has 0 aliphatic heterocycles. The zero-order valence-electron chi connectivity index (χ0n) is 12.2. The molecule has 0 radical (unpaired) electrons. The van der Waals surface area contributed by atoms with Gasteiger partial charge in [0.15, 0.2) is 5.75 Å². The summed E-state index contributed by atoms with van der Waals surface area (Å²) in [4.78, 5) is 20.7. The molecule has 0 spiro atoms. The molecule has 2 aromatic rings. The fourth-order valence-corrected chi connectivity index (χ4v) is 2.09. The average Bonchev–Trinajstić information content (AvgIpc) is 2.52. The van der Waals surface area contributed by atoms with Gasteiger partial charge in [0.1, 0.15) is 12.7 Å². The van der Waals surface area contributed by atoms with E-state index in [2.05, 4.69) is 0 Å². The van der Waals surface area contributed by atoms with Gasteiger partial charge in [-0.3, -0.25) is 20.2 Å². The number of nitro groups is 2. The van der Waals surface area contributed by atoms with Crippen molar-refractivity contribution in [1.29, 1.82) is 0 Å². The number of ether oxygens (including phenoxy) is 1. The molecule has 0 aliphatic carbocycles. The van der Waals surface area contributed by atoms with Crippen molar-refractivity contribution in [2.45, 2.75) is 13.0 Å². The molecule has 23 heavy (non-hydrogen) atoms. The van der Waals surface area contributed by atoms with E-state index in [4.69, 9.17) is 4.74 Å². The lowest BCUT2D eigenvalue weighted by Crippen LogP contribution is -2.11. The Labute approximate surface area is 131 Å². The highest BCUT2D eigenvalue weighted by atomic mass is 16.6. The third-order valence-corrected chi connectivity index (χ3v) is 3.25. The van der Waals surface area contributed by atoms with Crippen molar-refractivity contribution in [3.63, 3.8) is 0 Å². The van der Waals surface area contributed by atoms with Gasteiger partial charge in [-0.2, -0.15) is 0 Å². The lowest BCUT2D eigenvalue weighted by atomic mass is 10.1. The molecule has 1 N–H and O–H groups in total. The van der Waals surface area contributed by atoms with E-state index >= 15 is 0 Å². The molecule has 1 unspecified atom stereocenters. The Bertz CT molecular complexity index is 746. The van der Waals surface area contributed by atoms with Crippen molar-refractivity contribution in [2.75, 3.05) is 6.61 Å². The Kier molecular flexibility index (Phi) is 4.87. The molecule has 120 valence electrons. The standard InChI is InChI=1S/C15H14N2O6/c1-10-4-2-7-14(15(10)17(21)22)23-9-13(18)11-5-3-6-12(8-11)16(19)20/h2-8,13,18H,9H2,1H3. The second-order valence-corrected chi connectivity index (χ2v) is 4.86. The molecule has 1 atom stereocenters. The first-order valence-corrected chi connectivity index (χ1v) is 6.69. The smallest absolute Gasteiger partial charge is 0.313 e. The predicted octanol–water partition coefficient (Wildman–Crippen LogP) is 2.92. The van der Waals surface area contributed by atoms with Crippen LogP contribution >= 0.6 is 0 Å². The molecular weight excluding hydrogens is 304 g/mol. The Morgan fingerprint density at radius 3 is 2.48 bits per heavy atom. The van der Waals surface area contributed by atoms with Crippen LogP contribution in [0.15, 0.2) is 42.5 Å². The lowest BCUT2D eigenvalue weighted by molar-refractivity contribution is -0.386. The maximum absolute atomic E-state index is 11.1. The molecule has 2 aromatic carbocycles. The number of rotatable bonds is 6. The second kappa shape index (κ2) is 6.84. The van der Waals surface area contributed by atoms with Crippen molar-refractivity contribution in [3.05, 3.63) is 73.8 Å². The van der Waals surface area contributed by atoms with Gasteiger partial charge in [0.2, 0.25) is 0 Å². The van der Waals surface area contributed by atoms with Gasteiger partial charge >= 0.3 is 5.69 Å². The van der Waals surface area contributed by atoms with E-state index in [9.17, 15) is 25.3 Å². The SMILES string of the molecule is Cc1cccc(OCC(O)c2cccc([N+](=O)[O-])c2)c1[N+](=O)[O-]. The summed E-state index contributed by atoms with van der Waals surface area (Å²) in [6.45, 7) is 1.33. The van der Waals surface area contributed by atoms with Gasteiger partial charge < -0.3 is 9.84 Å². The first-order chi connectivity index (χ1) is 10.9. The van der Waals surface area contributed by atoms with E-state index in [-0.39, 0.29) is 23.7 Å². The number of para-hydroxylation sites is 1. The maximum atomic E-state index is 11.1. The topological polar surface area (TPSA) is 116 Å². The Morgan fingerprint density at radius 1 is 1.13 bits per heavy atom. The van der Waals surface area contributed by atoms with Gasteiger partial charge in [-0.15, -0.1) is 0 Å². The van der Waals surface area contributed by atoms with E-state index in [0.29, 0.717) is 11.1 Å². The minimum absolute atomic E-state index is 0.0412. The molecule has 8 heteroatoms. The number of nitrogens with zero attached hydrogens (tertiary/aromatic N) is 2. The quantitative estimate of drug-likeness (QED) is 0.646. The third-order valence-electron chi connectivity index (χ3n) is 3.25. The largest absolute Gasteiger partial charge is 0.484 e. The summed E-state index contributed by atoms with van der Waals surface area (Å²) in [6.07, 6.45) is -1.14. The average molecular weight is 318 g/mol. The van der Waals surface area contributed by atoms with Crippen LogP contribution in [0.4, 0.5) is 11.4 Å². The van der Waals surface area contributed by atoms with Crippen molar-refractivity contribution >= 4 is 11.4 Å². The minimum atomic E-state index is -1.14. The molecule has 0 aliphatic rings. The molecule has 0 fully saturated rings. The second-order valence-electron chi connectivity index (χ2n) is 4.86. The molecule has 0 saturated heterocycles. The van der Waals surface area contributed by atoms with Crippen LogP contribution in [0.5, 0.6) is 5.75 Å². The number of non-ortho nitro benzene ring substituents is 1. The fourth-order valence-electron chi connectivity index (χ4n) is 2.09. The van der Waals surface area contributed by atoms with E-state index < -0.39 is 16.0 Å². The van der Waals surface area contributed by atoms with Crippen LogP contribution in [0.25, 0.3) is 0 Å². The van der Waals surface area contributed by atoms with E-state index in [0.717, 1.165) is 0 Å². The Morgan fingerprint density at radius 2 is 1.83 bits per heavy atom. The summed E-state index contributed by atoms with van der Waals surface area (Å²) < 4.78 is 5.33. The van der Waals surface area contributed by atoms with Gasteiger partial charge in [-0.05, 0) is 18.6 Å². The first-order valence-electron chi connectivity index (χ1n) is 6.69. The summed E-state index contributed by atoms with van der Waals surface area (Å²) in [6, 6.07) is 10.1. The highest BCUT2D eigenvalue weighted by molar-refractivity contribution is 5.52. The van der Waals surface area contributed by atoms with Crippen LogP contribution in [0.1, 0.15) is 17.2 Å². The minimum Gasteiger partial charge on any atom is -0.484 e. The summed E-state index contributed by atoms with van der Waals surface area (Å²) in [5.41, 5.74) is 0.425. The van der Waals surface area contributed by atoms with Crippen LogP contribution in [0.2, 0.25) is 0 Å². The molecule has 0 amide bonds. The van der Waals surface area contributed by atoms with E-state index in [1.807, 2.05) is 0 Å². The molecule has 0 aromatic heterocycles. The lowest BCUT2D eigenvalue weighted by Gasteiger charge is -2.13. The van der Waals surface area contributed by atoms with Crippen LogP contribution < -0.4 is 4.74 Å². The van der Waals surface area contributed by atoms with Gasteiger partial charge in [0, 0.05) is 17.7 Å². The maximum Gasteiger partial charge on any atom is 0.313 e. The van der Waals surface area contributed by atoms with E-state index in [1.54, 1.807) is 19.1 Å². The summed E-state index contributed by atoms with van der Waals surface area (Å²) in [5.74, 6) is 0.0412. The molecule has 0 heterocycles. The predicted molar refractivity (Wildman–Crippen MR) is 81.4 cm³/mol. The van der Waals surface area contributed by atoms with Gasteiger partial charge in [0.05, 0.1) is 9.85 Å². The number of aliphatic hydroxyl groups excluding tert-OH is 1. The Balaban J connectivity index is 2.15. The summed E-state index contributed by atoms with van der Waals surface area (Å²) in [5, 5.41) is 31.9. The zero-order valence-corrected chi connectivity index (χ0v) is 12.2. The van der Waals surface area contributed by atoms with Gasteiger partial charge in [-0.25, -0.2) is 0 Å². The monoisotopic (exact) mass is 318 g/mol. The van der Waals surface area contributed by atoms with Gasteiger partial charge in [-0.1, -0.05) is 24.3 Å². The molecule has 8 nitrogen and oxygen atoms in total. The summed E-state index contributed by atoms with van der Waals surface area (Å²) >= 11 is 0. The molecular formula is C15H14N2O6. The van der Waals surface area contributed by atoms with Crippen LogP contribution in [0.3, 0.4) is 0 Å². The fraction of sp³-hybridized carbons (Fsp3) is 0.200. The summed E-state index contributed by atoms with van der Waals surface area (Å²) in [7, 11) is 0. The number of nitro benzene ring substituents is 2. The molecule has 0 saturated carbocycles. The number of benzene rings is 2. The zero-order chi connectivity index (χ0) is 17.0.